The van der Waals surface area contributed by atoms with Crippen molar-refractivity contribution in [3.63, 3.8) is 0 Å². The van der Waals surface area contributed by atoms with Crippen molar-refractivity contribution in [1.29, 1.82) is 0 Å². The topological polar surface area (TPSA) is 77.4 Å². The van der Waals surface area contributed by atoms with Crippen LogP contribution in [0.2, 0.25) is 15.1 Å². The van der Waals surface area contributed by atoms with Gasteiger partial charge in [-0.3, -0.25) is 0 Å². The molecular formula is C8H4Cl3NaO4. The quantitative estimate of drug-likeness (QED) is 0.397. The summed E-state index contributed by atoms with van der Waals surface area (Å²) in [7, 11) is 0. The summed E-state index contributed by atoms with van der Waals surface area (Å²) in [6.07, 6.45) is 0. The second-order valence-electron chi connectivity index (χ2n) is 2.12. The van der Waals surface area contributed by atoms with E-state index in [-0.39, 0.29) is 50.2 Å². The molecule has 82 valence electrons. The van der Waals surface area contributed by atoms with E-state index < -0.39 is 12.4 Å². The average Bonchev–Trinajstić information content (AvgIpc) is 2.13. The molecule has 0 atom stereocenters. The molecule has 8 heteroatoms. The van der Waals surface area contributed by atoms with Crippen LogP contribution < -0.4 is 34.7 Å². The number of carbonyl (C=O) groups excluding carboxylic acids is 1. The van der Waals surface area contributed by atoms with Gasteiger partial charge in [0.2, 0.25) is 0 Å². The first-order chi connectivity index (χ1) is 6.95. The zero-order valence-corrected chi connectivity index (χ0v) is 12.3. The van der Waals surface area contributed by atoms with Gasteiger partial charge in [0.05, 0.1) is 20.6 Å². The standard InChI is InChI=1S/C7H3Cl3O2.CH2O2.Na/c8-3-1-2-4(9)6(10)5(3)7(11)12;2-1-3;/h1-2H,(H,11,12);1H,(H,2,3);/q;;+1/p-1. The van der Waals surface area contributed by atoms with Gasteiger partial charge in [0, 0.05) is 6.47 Å². The molecule has 4 nitrogen and oxygen atoms in total. The molecule has 0 amide bonds. The van der Waals surface area contributed by atoms with Crippen LogP contribution in [0.3, 0.4) is 0 Å². The zero-order valence-electron chi connectivity index (χ0n) is 8.04. The Morgan fingerprint density at radius 1 is 1.25 bits per heavy atom. The number of hydrogen-bond donors (Lipinski definition) is 1. The van der Waals surface area contributed by atoms with Crippen molar-refractivity contribution in [3.8, 4) is 0 Å². The van der Waals surface area contributed by atoms with Crippen LogP contribution in [0.25, 0.3) is 0 Å². The Morgan fingerprint density at radius 3 is 1.94 bits per heavy atom. The second kappa shape index (κ2) is 9.10. The van der Waals surface area contributed by atoms with Gasteiger partial charge in [0.1, 0.15) is 0 Å². The molecule has 1 aromatic rings. The van der Waals surface area contributed by atoms with Gasteiger partial charge in [0.25, 0.3) is 0 Å². The molecule has 0 aliphatic heterocycles. The number of aromatic carboxylic acids is 1. The summed E-state index contributed by atoms with van der Waals surface area (Å²) in [4.78, 5) is 18.8. The van der Waals surface area contributed by atoms with Gasteiger partial charge in [-0.15, -0.1) is 0 Å². The first kappa shape index (κ1) is 18.4. The third kappa shape index (κ3) is 5.39. The molecule has 1 rings (SSSR count). The van der Waals surface area contributed by atoms with Crippen LogP contribution in [0.5, 0.6) is 0 Å². The van der Waals surface area contributed by atoms with Crippen LogP contribution in [-0.4, -0.2) is 17.5 Å². The van der Waals surface area contributed by atoms with Crippen molar-refractivity contribution in [2.24, 2.45) is 0 Å². The van der Waals surface area contributed by atoms with Crippen molar-refractivity contribution in [2.45, 2.75) is 0 Å². The second-order valence-corrected chi connectivity index (χ2v) is 3.31. The number of hydrogen-bond acceptors (Lipinski definition) is 3. The minimum Gasteiger partial charge on any atom is -0.554 e. The Kier molecular flexibility index (Phi) is 10.5. The minimum atomic E-state index is -1.19. The van der Waals surface area contributed by atoms with Gasteiger partial charge in [-0.05, 0) is 12.1 Å². The first-order valence-electron chi connectivity index (χ1n) is 3.38. The number of halogens is 3. The van der Waals surface area contributed by atoms with Crippen molar-refractivity contribution < 1.29 is 49.4 Å². The zero-order chi connectivity index (χ0) is 12.0. The Balaban J connectivity index is 0. The van der Waals surface area contributed by atoms with Crippen molar-refractivity contribution in [3.05, 3.63) is 32.8 Å². The number of carbonyl (C=O) groups is 2. The van der Waals surface area contributed by atoms with E-state index in [0.29, 0.717) is 0 Å². The summed E-state index contributed by atoms with van der Waals surface area (Å²) >= 11 is 16.7. The molecular weight excluding hydrogens is 289 g/mol. The Labute approximate surface area is 128 Å². The van der Waals surface area contributed by atoms with E-state index in [2.05, 4.69) is 0 Å². The predicted octanol–water partition coefficient (Wildman–Crippen LogP) is -1.28. The molecule has 0 bridgehead atoms. The maximum absolute atomic E-state index is 10.6. The summed E-state index contributed by atoms with van der Waals surface area (Å²) in [6, 6.07) is 2.83. The number of carboxylic acid groups (broad SMARTS) is 2. The van der Waals surface area contributed by atoms with Gasteiger partial charge in [0.15, 0.2) is 0 Å². The molecule has 0 spiro atoms. The summed E-state index contributed by atoms with van der Waals surface area (Å²) in [5, 5.41) is 17.1. The largest absolute Gasteiger partial charge is 1.00 e. The number of carboxylic acids is 1. The predicted molar refractivity (Wildman–Crippen MR) is 54.5 cm³/mol. The Bertz CT molecular complexity index is 384. The third-order valence-corrected chi connectivity index (χ3v) is 2.38. The smallest absolute Gasteiger partial charge is 0.554 e. The Hall–Kier alpha value is 0.0300. The minimum absolute atomic E-state index is 0. The number of rotatable bonds is 1. The average molecular weight is 293 g/mol. The molecule has 0 unspecified atom stereocenters. The van der Waals surface area contributed by atoms with Crippen LogP contribution in [0.15, 0.2) is 12.1 Å². The van der Waals surface area contributed by atoms with E-state index in [9.17, 15) is 4.79 Å². The molecule has 0 saturated heterocycles. The fourth-order valence-corrected chi connectivity index (χ4v) is 1.41. The van der Waals surface area contributed by atoms with Gasteiger partial charge < -0.3 is 15.0 Å². The van der Waals surface area contributed by atoms with Gasteiger partial charge in [-0.25, -0.2) is 4.79 Å². The maximum Gasteiger partial charge on any atom is 1.00 e. The summed E-state index contributed by atoms with van der Waals surface area (Å²) < 4.78 is 0. The monoisotopic (exact) mass is 292 g/mol. The van der Waals surface area contributed by atoms with Gasteiger partial charge in [-0.1, -0.05) is 34.8 Å². The molecule has 0 aliphatic rings. The molecule has 0 fully saturated rings. The SMILES string of the molecule is O=C(O)c1c(Cl)ccc(Cl)c1Cl.O=C[O-].[Na+]. The van der Waals surface area contributed by atoms with E-state index >= 15 is 0 Å². The first-order valence-corrected chi connectivity index (χ1v) is 4.51. The summed E-state index contributed by atoms with van der Waals surface area (Å²) in [5.41, 5.74) is -0.161. The van der Waals surface area contributed by atoms with E-state index in [0.717, 1.165) is 0 Å². The van der Waals surface area contributed by atoms with Crippen LogP contribution in [0, 0.1) is 0 Å². The van der Waals surface area contributed by atoms with E-state index in [1.165, 1.54) is 12.1 Å². The van der Waals surface area contributed by atoms with Crippen LogP contribution in [0.1, 0.15) is 10.4 Å². The number of benzene rings is 1. The van der Waals surface area contributed by atoms with Gasteiger partial charge in [-0.2, -0.15) is 0 Å². The van der Waals surface area contributed by atoms with Crippen LogP contribution in [-0.2, 0) is 4.79 Å². The molecule has 1 aromatic carbocycles. The van der Waals surface area contributed by atoms with Crippen molar-refractivity contribution >= 4 is 47.2 Å². The van der Waals surface area contributed by atoms with Crippen molar-refractivity contribution in [1.82, 2.24) is 0 Å². The van der Waals surface area contributed by atoms with Crippen LogP contribution >= 0.6 is 34.8 Å². The van der Waals surface area contributed by atoms with E-state index in [1.54, 1.807) is 0 Å². The molecule has 16 heavy (non-hydrogen) atoms. The molecule has 0 saturated carbocycles. The summed E-state index contributed by atoms with van der Waals surface area (Å²) in [5.74, 6) is -1.19. The molecule has 0 aliphatic carbocycles. The molecule has 1 N–H and O–H groups in total. The molecule has 0 aromatic heterocycles. The normalized spacial score (nSPS) is 8.19. The van der Waals surface area contributed by atoms with E-state index in [1.807, 2.05) is 0 Å². The van der Waals surface area contributed by atoms with Gasteiger partial charge >= 0.3 is 35.5 Å². The van der Waals surface area contributed by atoms with Crippen LogP contribution in [0.4, 0.5) is 0 Å². The summed E-state index contributed by atoms with van der Waals surface area (Å²) in [6.45, 7) is -0.500. The third-order valence-electron chi connectivity index (χ3n) is 1.26. The fourth-order valence-electron chi connectivity index (χ4n) is 0.723. The van der Waals surface area contributed by atoms with E-state index in [4.69, 9.17) is 49.8 Å². The Morgan fingerprint density at radius 2 is 1.62 bits per heavy atom. The molecule has 0 heterocycles. The molecule has 0 radical (unpaired) electrons. The maximum atomic E-state index is 10.6. The fraction of sp³-hybridized carbons (Fsp3) is 0. The van der Waals surface area contributed by atoms with Crippen molar-refractivity contribution in [2.75, 3.05) is 0 Å².